The Morgan fingerprint density at radius 3 is 2.59 bits per heavy atom. The van der Waals surface area contributed by atoms with Crippen LogP contribution in [0.5, 0.6) is 0 Å². The Morgan fingerprint density at radius 1 is 1.11 bits per heavy atom. The van der Waals surface area contributed by atoms with Crippen LogP contribution in [0.4, 0.5) is 10.1 Å². The summed E-state index contributed by atoms with van der Waals surface area (Å²) in [5, 5.41) is 20.1. The Hall–Kier alpha value is -3.93. The summed E-state index contributed by atoms with van der Waals surface area (Å²) in [6.07, 6.45) is 0. The summed E-state index contributed by atoms with van der Waals surface area (Å²) in [6, 6.07) is 12.0. The molecule has 0 spiro atoms. The number of hydrogen-bond acceptors (Lipinski definition) is 7. The third-order valence-electron chi connectivity index (χ3n) is 3.89. The molecule has 0 aliphatic carbocycles. The first-order valence-electron chi connectivity index (χ1n) is 7.99. The van der Waals surface area contributed by atoms with Crippen LogP contribution in [-0.4, -0.2) is 28.4 Å². The van der Waals surface area contributed by atoms with Gasteiger partial charge in [0, 0.05) is 17.7 Å². The van der Waals surface area contributed by atoms with Crippen molar-refractivity contribution in [2.24, 2.45) is 0 Å². The van der Waals surface area contributed by atoms with Crippen LogP contribution >= 0.6 is 0 Å². The van der Waals surface area contributed by atoms with Gasteiger partial charge in [-0.1, -0.05) is 0 Å². The molecule has 2 aromatic carbocycles. The van der Waals surface area contributed by atoms with Gasteiger partial charge in [0.1, 0.15) is 12.7 Å². The van der Waals surface area contributed by atoms with Crippen LogP contribution in [0.15, 0.2) is 50.0 Å². The van der Waals surface area contributed by atoms with Crippen molar-refractivity contribution in [2.75, 3.05) is 18.5 Å². The predicted octanol–water partition coefficient (Wildman–Crippen LogP) is 3.09. The highest BCUT2D eigenvalue weighted by Crippen LogP contribution is 2.28. The average molecular weight is 365 g/mol. The average Bonchev–Trinajstić information content (AvgIpc) is 3.31. The zero-order valence-electron chi connectivity index (χ0n) is 13.8. The van der Waals surface area contributed by atoms with Gasteiger partial charge in [0.2, 0.25) is 11.8 Å². The van der Waals surface area contributed by atoms with Gasteiger partial charge in [-0.05, 0) is 36.4 Å². The molecule has 0 aliphatic rings. The largest absolute Gasteiger partial charge is 0.417 e. The molecule has 2 heterocycles. The second-order valence-electron chi connectivity index (χ2n) is 5.63. The topological polar surface area (TPSA) is 121 Å². The van der Waals surface area contributed by atoms with E-state index in [9.17, 15) is 14.4 Å². The number of nitriles is 1. The van der Waals surface area contributed by atoms with Gasteiger partial charge in [0.15, 0.2) is 5.58 Å². The smallest absolute Gasteiger partial charge is 0.416 e. The lowest BCUT2D eigenvalue weighted by Gasteiger charge is -2.06. The van der Waals surface area contributed by atoms with E-state index in [-0.39, 0.29) is 18.3 Å². The standard InChI is InChI=1S/C18H12FN5O3/c19-5-6-21-13-3-1-10(7-12(13)9-20)16-23-24-17(27-16)11-2-4-14-15(8-11)26-18(25)22-14/h1-4,7-8,21H,5-6H2,(H,22,25). The molecule has 0 amide bonds. The normalized spacial score (nSPS) is 10.8. The van der Waals surface area contributed by atoms with Gasteiger partial charge in [-0.3, -0.25) is 4.98 Å². The maximum atomic E-state index is 12.3. The Bertz CT molecular complexity index is 1220. The van der Waals surface area contributed by atoms with E-state index in [2.05, 4.69) is 26.6 Å². The molecule has 27 heavy (non-hydrogen) atoms. The first-order valence-corrected chi connectivity index (χ1v) is 7.99. The zero-order valence-corrected chi connectivity index (χ0v) is 13.8. The summed E-state index contributed by atoms with van der Waals surface area (Å²) >= 11 is 0. The fraction of sp³-hybridized carbons (Fsp3) is 0.111. The number of hydrogen-bond donors (Lipinski definition) is 2. The number of benzene rings is 2. The summed E-state index contributed by atoms with van der Waals surface area (Å²) in [7, 11) is 0. The van der Waals surface area contributed by atoms with Crippen molar-refractivity contribution >= 4 is 16.8 Å². The number of halogens is 1. The highest BCUT2D eigenvalue weighted by atomic mass is 19.1. The molecule has 2 N–H and O–H groups in total. The number of anilines is 1. The SMILES string of the molecule is N#Cc1cc(-c2nnc(-c3ccc4[nH]c(=O)oc4c3)o2)ccc1NCCF. The highest BCUT2D eigenvalue weighted by Gasteiger charge is 2.14. The molecule has 2 aromatic heterocycles. The van der Waals surface area contributed by atoms with E-state index in [1.165, 1.54) is 0 Å². The van der Waals surface area contributed by atoms with E-state index >= 15 is 0 Å². The number of nitrogens with one attached hydrogen (secondary N) is 2. The van der Waals surface area contributed by atoms with E-state index in [0.29, 0.717) is 33.5 Å². The van der Waals surface area contributed by atoms with Crippen LogP contribution < -0.4 is 11.1 Å². The molecule has 0 fully saturated rings. The summed E-state index contributed by atoms with van der Waals surface area (Å²) in [4.78, 5) is 13.8. The first kappa shape index (κ1) is 16.5. The Labute approximate surface area is 151 Å². The van der Waals surface area contributed by atoms with E-state index in [1.54, 1.807) is 36.4 Å². The number of H-pyrrole nitrogens is 1. The highest BCUT2D eigenvalue weighted by molar-refractivity contribution is 5.78. The summed E-state index contributed by atoms with van der Waals surface area (Å²) < 4.78 is 23.0. The zero-order chi connectivity index (χ0) is 18.8. The Kier molecular flexibility index (Phi) is 4.14. The lowest BCUT2D eigenvalue weighted by molar-refractivity contribution is 0.513. The van der Waals surface area contributed by atoms with E-state index in [4.69, 9.17) is 8.83 Å². The molecule has 0 bridgehead atoms. The van der Waals surface area contributed by atoms with Gasteiger partial charge in [0.25, 0.3) is 0 Å². The lowest BCUT2D eigenvalue weighted by atomic mass is 10.1. The van der Waals surface area contributed by atoms with Crippen LogP contribution in [0.2, 0.25) is 0 Å². The number of fused-ring (bicyclic) bond motifs is 1. The van der Waals surface area contributed by atoms with E-state index in [0.717, 1.165) is 0 Å². The molecule has 0 radical (unpaired) electrons. The molecule has 4 aromatic rings. The van der Waals surface area contributed by atoms with Crippen LogP contribution in [0.25, 0.3) is 34.0 Å². The molecule has 9 heteroatoms. The number of aromatic amines is 1. The third kappa shape index (κ3) is 3.16. The summed E-state index contributed by atoms with van der Waals surface area (Å²) in [5.74, 6) is -0.0677. The van der Waals surface area contributed by atoms with Crippen molar-refractivity contribution in [1.82, 2.24) is 15.2 Å². The Balaban J connectivity index is 1.67. The lowest BCUT2D eigenvalue weighted by Crippen LogP contribution is -2.04. The van der Waals surface area contributed by atoms with Crippen molar-refractivity contribution in [2.45, 2.75) is 0 Å². The maximum absolute atomic E-state index is 12.3. The van der Waals surface area contributed by atoms with Crippen LogP contribution in [0, 0.1) is 11.3 Å². The van der Waals surface area contributed by atoms with Gasteiger partial charge in [-0.15, -0.1) is 10.2 Å². The van der Waals surface area contributed by atoms with Crippen molar-refractivity contribution < 1.29 is 13.2 Å². The minimum Gasteiger partial charge on any atom is -0.416 e. The molecule has 0 aliphatic heterocycles. The van der Waals surface area contributed by atoms with Gasteiger partial charge in [-0.2, -0.15) is 5.26 Å². The molecule has 0 unspecified atom stereocenters. The van der Waals surface area contributed by atoms with Crippen molar-refractivity contribution in [1.29, 1.82) is 5.26 Å². The van der Waals surface area contributed by atoms with Crippen molar-refractivity contribution in [3.63, 3.8) is 0 Å². The molecular formula is C18H12FN5O3. The van der Waals surface area contributed by atoms with Crippen LogP contribution in [0.3, 0.4) is 0 Å². The molecule has 8 nitrogen and oxygen atoms in total. The second-order valence-corrected chi connectivity index (χ2v) is 5.63. The Morgan fingerprint density at radius 2 is 1.85 bits per heavy atom. The van der Waals surface area contributed by atoms with Gasteiger partial charge in [0.05, 0.1) is 16.8 Å². The summed E-state index contributed by atoms with van der Waals surface area (Å²) in [5.41, 5.74) is 2.98. The predicted molar refractivity (Wildman–Crippen MR) is 94.7 cm³/mol. The molecule has 4 rings (SSSR count). The fourth-order valence-electron chi connectivity index (χ4n) is 2.64. The second kappa shape index (κ2) is 6.76. The van der Waals surface area contributed by atoms with Gasteiger partial charge in [-0.25, -0.2) is 9.18 Å². The van der Waals surface area contributed by atoms with Crippen LogP contribution in [-0.2, 0) is 0 Å². The molecule has 0 saturated heterocycles. The summed E-state index contributed by atoms with van der Waals surface area (Å²) in [6.45, 7) is -0.415. The minimum absolute atomic E-state index is 0.122. The van der Waals surface area contributed by atoms with Gasteiger partial charge >= 0.3 is 5.76 Å². The minimum atomic E-state index is -0.543. The number of aromatic nitrogens is 3. The first-order chi connectivity index (χ1) is 13.2. The van der Waals surface area contributed by atoms with Crippen molar-refractivity contribution in [3.8, 4) is 29.0 Å². The van der Waals surface area contributed by atoms with Gasteiger partial charge < -0.3 is 14.2 Å². The maximum Gasteiger partial charge on any atom is 0.417 e. The molecule has 0 saturated carbocycles. The van der Waals surface area contributed by atoms with E-state index < -0.39 is 12.4 Å². The molecule has 0 atom stereocenters. The number of rotatable bonds is 5. The monoisotopic (exact) mass is 365 g/mol. The third-order valence-corrected chi connectivity index (χ3v) is 3.89. The van der Waals surface area contributed by atoms with E-state index in [1.807, 2.05) is 0 Å². The molecular weight excluding hydrogens is 353 g/mol. The quantitative estimate of drug-likeness (QED) is 0.557. The number of nitrogens with zero attached hydrogens (tertiary/aromatic N) is 3. The number of alkyl halides is 1. The number of oxazole rings is 1. The fourth-order valence-corrected chi connectivity index (χ4v) is 2.64. The molecule has 134 valence electrons. The van der Waals surface area contributed by atoms with Crippen molar-refractivity contribution in [3.05, 3.63) is 52.5 Å². The van der Waals surface area contributed by atoms with Crippen LogP contribution in [0.1, 0.15) is 5.56 Å².